The lowest BCUT2D eigenvalue weighted by molar-refractivity contribution is 0.0624. The van der Waals surface area contributed by atoms with Gasteiger partial charge in [-0.05, 0) is 40.9 Å². The lowest BCUT2D eigenvalue weighted by atomic mass is 9.93. The molecule has 0 amide bonds. The summed E-state index contributed by atoms with van der Waals surface area (Å²) in [5, 5.41) is 3.90. The Kier molecular flexibility index (Phi) is 3.82. The van der Waals surface area contributed by atoms with Crippen molar-refractivity contribution >= 4 is 38.5 Å². The van der Waals surface area contributed by atoms with Crippen molar-refractivity contribution in [1.29, 1.82) is 0 Å². The zero-order chi connectivity index (χ0) is 13.3. The fourth-order valence-electron chi connectivity index (χ4n) is 2.28. The summed E-state index contributed by atoms with van der Waals surface area (Å²) in [6, 6.07) is 4.93. The van der Waals surface area contributed by atoms with Gasteiger partial charge >= 0.3 is 0 Å². The second kappa shape index (κ2) is 5.42. The van der Waals surface area contributed by atoms with E-state index >= 15 is 0 Å². The highest BCUT2D eigenvalue weighted by atomic mass is 79.9. The molecule has 2 heterocycles. The van der Waals surface area contributed by atoms with Crippen LogP contribution in [0, 0.1) is 5.82 Å². The molecule has 2 aliphatic heterocycles. The van der Waals surface area contributed by atoms with Crippen LogP contribution in [0.25, 0.3) is 0 Å². The molecule has 102 valence electrons. The molecular weight excluding hydrogens is 331 g/mol. The molecule has 0 radical (unpaired) electrons. The van der Waals surface area contributed by atoms with Gasteiger partial charge in [-0.2, -0.15) is 0 Å². The molecule has 0 aliphatic carbocycles. The molecule has 2 aliphatic rings. The maximum atomic E-state index is 13.8. The molecule has 1 fully saturated rings. The molecule has 0 aromatic heterocycles. The number of anilines is 1. The van der Waals surface area contributed by atoms with Gasteiger partial charge in [-0.1, -0.05) is 17.8 Å². The predicted molar refractivity (Wildman–Crippen MR) is 80.4 cm³/mol. The van der Waals surface area contributed by atoms with Gasteiger partial charge in [0.2, 0.25) is 0 Å². The first-order chi connectivity index (χ1) is 9.19. The second-order valence-corrected chi connectivity index (χ2v) is 6.58. The minimum atomic E-state index is -0.273. The molecule has 6 heteroatoms. The highest BCUT2D eigenvalue weighted by Gasteiger charge is 2.37. The number of halogens is 2. The lowest BCUT2D eigenvalue weighted by Gasteiger charge is -2.29. The zero-order valence-electron chi connectivity index (χ0n) is 10.3. The van der Waals surface area contributed by atoms with E-state index in [1.807, 2.05) is 6.07 Å². The number of hydrogen-bond acceptors (Lipinski definition) is 4. The first-order valence-corrected chi connectivity index (χ1v) is 7.98. The van der Waals surface area contributed by atoms with E-state index in [9.17, 15) is 4.39 Å². The largest absolute Gasteiger partial charge is 0.381 e. The number of thioether (sulfide) groups is 1. The normalized spacial score (nSPS) is 21.5. The standard InChI is InChI=1S/C13H14BrFN2OS/c14-9-2-1-3-10(15)11(9)16-12-17-13(8-19-12)4-6-18-7-5-13/h1-3H,4-8H2,(H,16,17). The fourth-order valence-corrected chi connectivity index (χ4v) is 3.91. The van der Waals surface area contributed by atoms with Crippen molar-refractivity contribution in [2.45, 2.75) is 18.4 Å². The van der Waals surface area contributed by atoms with Crippen molar-refractivity contribution < 1.29 is 9.13 Å². The van der Waals surface area contributed by atoms with Gasteiger partial charge in [0.1, 0.15) is 5.82 Å². The number of amidine groups is 1. The Bertz CT molecular complexity index is 497. The van der Waals surface area contributed by atoms with Crippen molar-refractivity contribution in [3.63, 3.8) is 0 Å². The van der Waals surface area contributed by atoms with Crippen LogP contribution in [-0.2, 0) is 4.74 Å². The monoisotopic (exact) mass is 344 g/mol. The summed E-state index contributed by atoms with van der Waals surface area (Å²) in [4.78, 5) is 4.76. The molecular formula is C13H14BrFN2OS. The number of aliphatic imine (C=N–C) groups is 1. The predicted octanol–water partition coefficient (Wildman–Crippen LogP) is 3.65. The van der Waals surface area contributed by atoms with E-state index in [-0.39, 0.29) is 11.4 Å². The number of ether oxygens (including phenoxy) is 1. The van der Waals surface area contributed by atoms with E-state index in [1.165, 1.54) is 6.07 Å². The number of rotatable bonds is 1. The molecule has 1 aromatic rings. The van der Waals surface area contributed by atoms with Crippen LogP contribution in [0.2, 0.25) is 0 Å². The average Bonchev–Trinajstić information content (AvgIpc) is 2.78. The third-order valence-corrected chi connectivity index (χ3v) is 5.24. The molecule has 0 unspecified atom stereocenters. The van der Waals surface area contributed by atoms with E-state index < -0.39 is 0 Å². The number of para-hydroxylation sites is 1. The summed E-state index contributed by atoms with van der Waals surface area (Å²) in [6.07, 6.45) is 1.90. The Morgan fingerprint density at radius 3 is 2.89 bits per heavy atom. The molecule has 3 rings (SSSR count). The molecule has 1 saturated heterocycles. The Labute approximate surface area is 124 Å². The number of nitrogens with zero attached hydrogens (tertiary/aromatic N) is 1. The Balaban J connectivity index is 1.79. The minimum absolute atomic E-state index is 0.0109. The summed E-state index contributed by atoms with van der Waals surface area (Å²) in [7, 11) is 0. The first kappa shape index (κ1) is 13.4. The van der Waals surface area contributed by atoms with Crippen LogP contribution in [0.5, 0.6) is 0 Å². The van der Waals surface area contributed by atoms with E-state index in [4.69, 9.17) is 9.73 Å². The van der Waals surface area contributed by atoms with Crippen molar-refractivity contribution in [3.05, 3.63) is 28.5 Å². The van der Waals surface area contributed by atoms with Crippen molar-refractivity contribution in [2.24, 2.45) is 4.99 Å². The van der Waals surface area contributed by atoms with E-state index in [0.29, 0.717) is 10.2 Å². The van der Waals surface area contributed by atoms with Crippen LogP contribution < -0.4 is 5.32 Å². The van der Waals surface area contributed by atoms with Crippen molar-refractivity contribution in [3.8, 4) is 0 Å². The maximum absolute atomic E-state index is 13.8. The van der Waals surface area contributed by atoms with Gasteiger partial charge in [0.05, 0.1) is 11.2 Å². The summed E-state index contributed by atoms with van der Waals surface area (Å²) in [6.45, 7) is 1.53. The number of hydrogen-bond donors (Lipinski definition) is 1. The van der Waals surface area contributed by atoms with Gasteiger partial charge in [-0.3, -0.25) is 4.99 Å². The highest BCUT2D eigenvalue weighted by molar-refractivity contribution is 9.10. The zero-order valence-corrected chi connectivity index (χ0v) is 12.7. The number of benzene rings is 1. The summed E-state index contributed by atoms with van der Waals surface area (Å²) >= 11 is 5.01. The Hall–Kier alpha value is -0.590. The smallest absolute Gasteiger partial charge is 0.161 e. The third kappa shape index (κ3) is 2.80. The van der Waals surface area contributed by atoms with Gasteiger partial charge in [0.25, 0.3) is 0 Å². The molecule has 1 N–H and O–H groups in total. The summed E-state index contributed by atoms with van der Waals surface area (Å²) in [5.74, 6) is 0.677. The highest BCUT2D eigenvalue weighted by Crippen LogP contribution is 2.37. The molecule has 0 atom stereocenters. The van der Waals surface area contributed by atoms with Gasteiger partial charge in [-0.25, -0.2) is 4.39 Å². The Morgan fingerprint density at radius 1 is 1.37 bits per heavy atom. The molecule has 19 heavy (non-hydrogen) atoms. The van der Waals surface area contributed by atoms with Gasteiger partial charge < -0.3 is 10.1 Å². The minimum Gasteiger partial charge on any atom is -0.381 e. The van der Waals surface area contributed by atoms with Gasteiger partial charge in [0.15, 0.2) is 5.17 Å². The lowest BCUT2D eigenvalue weighted by Crippen LogP contribution is -2.34. The second-order valence-electron chi connectivity index (χ2n) is 4.76. The SMILES string of the molecule is Fc1cccc(Br)c1NC1=NC2(CCOCC2)CS1. The van der Waals surface area contributed by atoms with E-state index in [2.05, 4.69) is 21.2 Å². The van der Waals surface area contributed by atoms with Crippen molar-refractivity contribution in [1.82, 2.24) is 0 Å². The molecule has 0 saturated carbocycles. The van der Waals surface area contributed by atoms with Crippen LogP contribution in [-0.4, -0.2) is 29.7 Å². The topological polar surface area (TPSA) is 33.6 Å². The van der Waals surface area contributed by atoms with Crippen LogP contribution in [0.1, 0.15) is 12.8 Å². The summed E-state index contributed by atoms with van der Waals surface area (Å²) < 4.78 is 19.9. The van der Waals surface area contributed by atoms with E-state index in [0.717, 1.165) is 37.0 Å². The van der Waals surface area contributed by atoms with E-state index in [1.54, 1.807) is 17.8 Å². The Morgan fingerprint density at radius 2 is 2.16 bits per heavy atom. The molecule has 1 spiro atoms. The molecule has 1 aromatic carbocycles. The number of nitrogens with one attached hydrogen (secondary N) is 1. The first-order valence-electron chi connectivity index (χ1n) is 6.20. The molecule has 0 bridgehead atoms. The van der Waals surface area contributed by atoms with Crippen LogP contribution >= 0.6 is 27.7 Å². The van der Waals surface area contributed by atoms with Crippen LogP contribution in [0.15, 0.2) is 27.7 Å². The average molecular weight is 345 g/mol. The van der Waals surface area contributed by atoms with Crippen LogP contribution in [0.3, 0.4) is 0 Å². The maximum Gasteiger partial charge on any atom is 0.161 e. The van der Waals surface area contributed by atoms with Crippen molar-refractivity contribution in [2.75, 3.05) is 24.3 Å². The fraction of sp³-hybridized carbons (Fsp3) is 0.462. The summed E-state index contributed by atoms with van der Waals surface area (Å²) in [5.41, 5.74) is 0.445. The third-order valence-electron chi connectivity index (χ3n) is 3.43. The van der Waals surface area contributed by atoms with Gasteiger partial charge in [0, 0.05) is 23.4 Å². The van der Waals surface area contributed by atoms with Crippen LogP contribution in [0.4, 0.5) is 10.1 Å². The molecule has 3 nitrogen and oxygen atoms in total. The van der Waals surface area contributed by atoms with Gasteiger partial charge in [-0.15, -0.1) is 0 Å². The quantitative estimate of drug-likeness (QED) is 0.844.